The number of likely N-dealkylation sites (N-methyl/N-ethyl adjacent to an activating group) is 1. The van der Waals surface area contributed by atoms with Crippen LogP contribution in [0.1, 0.15) is 42.6 Å². The summed E-state index contributed by atoms with van der Waals surface area (Å²) in [7, 11) is 2.11. The van der Waals surface area contributed by atoms with E-state index in [1.165, 1.54) is 0 Å². The number of allylic oxidation sites excluding steroid dienone is 2. The average molecular weight is 443 g/mol. The summed E-state index contributed by atoms with van der Waals surface area (Å²) < 4.78 is 0. The van der Waals surface area contributed by atoms with E-state index in [2.05, 4.69) is 34.0 Å². The Labute approximate surface area is 189 Å². The average Bonchev–Trinajstić information content (AvgIpc) is 3.48. The molecule has 8 heteroatoms. The summed E-state index contributed by atoms with van der Waals surface area (Å²) in [5.41, 5.74) is 0.202. The van der Waals surface area contributed by atoms with Crippen molar-refractivity contribution in [1.29, 1.82) is 0 Å². The Balaban J connectivity index is 0.000000775. The highest BCUT2D eigenvalue weighted by atomic mass is 16.3. The van der Waals surface area contributed by atoms with Gasteiger partial charge >= 0.3 is 0 Å². The van der Waals surface area contributed by atoms with Gasteiger partial charge in [0.25, 0.3) is 12.4 Å². The smallest absolute Gasteiger partial charge is 0.290 e. The first-order valence-corrected chi connectivity index (χ1v) is 11.7. The molecule has 4 atom stereocenters. The fraction of sp³-hybridized carbons (Fsp3) is 0.625. The van der Waals surface area contributed by atoms with Gasteiger partial charge in [-0.15, -0.1) is 0 Å². The fourth-order valence-electron chi connectivity index (χ4n) is 6.24. The van der Waals surface area contributed by atoms with Gasteiger partial charge < -0.3 is 24.8 Å². The summed E-state index contributed by atoms with van der Waals surface area (Å²) in [6, 6.07) is 3.66. The first-order chi connectivity index (χ1) is 15.5. The molecular formula is C24H34N4O4. The van der Waals surface area contributed by atoms with Crippen molar-refractivity contribution in [2.24, 2.45) is 17.3 Å². The molecule has 174 valence electrons. The number of nitrogens with zero attached hydrogens (tertiary/aromatic N) is 3. The Morgan fingerprint density at radius 2 is 1.81 bits per heavy atom. The van der Waals surface area contributed by atoms with Crippen LogP contribution in [0, 0.1) is 17.3 Å². The summed E-state index contributed by atoms with van der Waals surface area (Å²) in [6.07, 6.45) is 11.2. The van der Waals surface area contributed by atoms with Crippen LogP contribution in [0.5, 0.6) is 0 Å². The molecule has 0 aromatic carbocycles. The number of carbonyl (C=O) groups is 3. The van der Waals surface area contributed by atoms with Crippen molar-refractivity contribution in [3.05, 3.63) is 36.2 Å². The minimum atomic E-state index is -0.423. The molecule has 0 radical (unpaired) electrons. The Bertz CT molecular complexity index is 838. The van der Waals surface area contributed by atoms with E-state index in [9.17, 15) is 9.59 Å². The van der Waals surface area contributed by atoms with Crippen molar-refractivity contribution in [2.45, 2.75) is 38.1 Å². The molecule has 2 N–H and O–H groups in total. The van der Waals surface area contributed by atoms with Gasteiger partial charge in [-0.05, 0) is 69.7 Å². The molecule has 8 nitrogen and oxygen atoms in total. The van der Waals surface area contributed by atoms with E-state index >= 15 is 0 Å². The van der Waals surface area contributed by atoms with Gasteiger partial charge in [0.05, 0.1) is 11.5 Å². The Morgan fingerprint density at radius 3 is 2.44 bits per heavy atom. The number of piperidine rings is 2. The Morgan fingerprint density at radius 1 is 1.12 bits per heavy atom. The minimum Gasteiger partial charge on any atom is -0.483 e. The van der Waals surface area contributed by atoms with Crippen molar-refractivity contribution >= 4 is 18.3 Å². The molecule has 0 spiro atoms. The quantitative estimate of drug-likeness (QED) is 0.540. The van der Waals surface area contributed by atoms with E-state index < -0.39 is 5.41 Å². The van der Waals surface area contributed by atoms with Gasteiger partial charge in [0, 0.05) is 32.4 Å². The number of nitrogens with one attached hydrogen (secondary N) is 1. The topological polar surface area (TPSA) is 97.0 Å². The molecule has 1 aliphatic carbocycles. The first kappa shape index (κ1) is 22.6. The summed E-state index contributed by atoms with van der Waals surface area (Å²) >= 11 is 0. The normalized spacial score (nSPS) is 31.8. The summed E-state index contributed by atoms with van der Waals surface area (Å²) in [5, 5.41) is 6.89. The van der Waals surface area contributed by atoms with Crippen LogP contribution in [0.25, 0.3) is 0 Å². The molecule has 3 aliphatic heterocycles. The lowest BCUT2D eigenvalue weighted by molar-refractivity contribution is -0.153. The molecule has 3 saturated heterocycles. The van der Waals surface area contributed by atoms with E-state index in [0.29, 0.717) is 23.4 Å². The number of carbonyl (C=O) groups excluding carboxylic acids is 2. The van der Waals surface area contributed by atoms with Gasteiger partial charge in [-0.3, -0.25) is 14.4 Å². The summed E-state index contributed by atoms with van der Waals surface area (Å²) in [5.74, 6) is 1.58. The highest BCUT2D eigenvalue weighted by Crippen LogP contribution is 2.46. The fourth-order valence-corrected chi connectivity index (χ4v) is 6.24. The third kappa shape index (κ3) is 4.08. The monoisotopic (exact) mass is 442 g/mol. The zero-order valence-electron chi connectivity index (χ0n) is 18.8. The number of carboxylic acid groups (broad SMARTS) is 1. The number of rotatable bonds is 2. The molecule has 4 aliphatic rings. The SMILES string of the molecule is CN1CC[C@]2(C(=O)N3C[C@H]4CC=CC[C@H]4C3)CCCN(C(=O)c3ccc[nH]3)[C@H]2C1.O=CO. The van der Waals surface area contributed by atoms with Gasteiger partial charge in [-0.1, -0.05) is 12.2 Å². The molecule has 1 aromatic rings. The maximum Gasteiger partial charge on any atom is 0.290 e. The zero-order valence-corrected chi connectivity index (χ0v) is 18.8. The van der Waals surface area contributed by atoms with Gasteiger partial charge in [0.1, 0.15) is 5.69 Å². The number of H-pyrrole nitrogens is 1. The molecule has 2 amide bonds. The molecule has 0 unspecified atom stereocenters. The van der Waals surface area contributed by atoms with Crippen molar-refractivity contribution in [1.82, 2.24) is 19.7 Å². The van der Waals surface area contributed by atoms with Gasteiger partial charge in [0.15, 0.2) is 0 Å². The van der Waals surface area contributed by atoms with Crippen LogP contribution in [0.2, 0.25) is 0 Å². The molecule has 4 heterocycles. The molecule has 0 saturated carbocycles. The van der Waals surface area contributed by atoms with Crippen molar-refractivity contribution in [2.75, 3.05) is 39.8 Å². The highest BCUT2D eigenvalue weighted by molar-refractivity contribution is 5.94. The second kappa shape index (κ2) is 9.48. The van der Waals surface area contributed by atoms with Crippen molar-refractivity contribution in [3.8, 4) is 0 Å². The third-order valence-electron chi connectivity index (χ3n) is 7.88. The number of amides is 2. The van der Waals surface area contributed by atoms with Crippen LogP contribution in [0.15, 0.2) is 30.5 Å². The number of aromatic amines is 1. The maximum absolute atomic E-state index is 14.0. The van der Waals surface area contributed by atoms with Crippen LogP contribution >= 0.6 is 0 Å². The highest BCUT2D eigenvalue weighted by Gasteiger charge is 2.55. The van der Waals surface area contributed by atoms with Crippen LogP contribution in [0.4, 0.5) is 0 Å². The first-order valence-electron chi connectivity index (χ1n) is 11.7. The van der Waals surface area contributed by atoms with E-state index in [1.54, 1.807) is 6.20 Å². The zero-order chi connectivity index (χ0) is 22.7. The predicted molar refractivity (Wildman–Crippen MR) is 120 cm³/mol. The molecule has 3 fully saturated rings. The molecule has 5 rings (SSSR count). The predicted octanol–water partition coefficient (Wildman–Crippen LogP) is 2.07. The number of aromatic nitrogens is 1. The van der Waals surface area contributed by atoms with Crippen LogP contribution in [-0.2, 0) is 9.59 Å². The number of hydrogen-bond acceptors (Lipinski definition) is 4. The van der Waals surface area contributed by atoms with E-state index in [-0.39, 0.29) is 18.4 Å². The van der Waals surface area contributed by atoms with Crippen LogP contribution in [-0.4, -0.2) is 88.9 Å². The lowest BCUT2D eigenvalue weighted by Gasteiger charge is -2.54. The lowest BCUT2D eigenvalue weighted by Crippen LogP contribution is -2.66. The third-order valence-corrected chi connectivity index (χ3v) is 7.88. The van der Waals surface area contributed by atoms with Gasteiger partial charge in [-0.2, -0.15) is 0 Å². The maximum atomic E-state index is 14.0. The second-order valence-electron chi connectivity index (χ2n) is 9.65. The van der Waals surface area contributed by atoms with Gasteiger partial charge in [0.2, 0.25) is 5.91 Å². The molecule has 0 bridgehead atoms. The second-order valence-corrected chi connectivity index (χ2v) is 9.65. The van der Waals surface area contributed by atoms with Crippen molar-refractivity contribution < 1.29 is 19.5 Å². The number of likely N-dealkylation sites (tertiary alicyclic amines) is 3. The minimum absolute atomic E-state index is 0.0338. The Kier molecular flexibility index (Phi) is 6.69. The van der Waals surface area contributed by atoms with Crippen LogP contribution < -0.4 is 0 Å². The standard InChI is InChI=1S/C23H32N4O2.CH2O2/c1-25-13-10-23(22(29)26-14-17-6-2-3-7-18(17)15-26)9-5-12-27(20(23)16-25)21(28)19-8-4-11-24-19;2-1-3/h2-4,8,11,17-18,20,24H,5-7,9-10,12-16H2,1H3;1H,(H,2,3)/t17-,18+,20-,23+;/m0./s1. The molecule has 1 aromatic heterocycles. The summed E-state index contributed by atoms with van der Waals surface area (Å²) in [6.45, 7) is 3.97. The molecule has 32 heavy (non-hydrogen) atoms. The van der Waals surface area contributed by atoms with E-state index in [1.807, 2.05) is 17.0 Å². The van der Waals surface area contributed by atoms with Crippen molar-refractivity contribution in [3.63, 3.8) is 0 Å². The lowest BCUT2D eigenvalue weighted by atomic mass is 9.67. The largest absolute Gasteiger partial charge is 0.483 e. The number of hydrogen-bond donors (Lipinski definition) is 2. The number of fused-ring (bicyclic) bond motifs is 2. The van der Waals surface area contributed by atoms with E-state index in [0.717, 1.165) is 64.8 Å². The Hall–Kier alpha value is -2.61. The van der Waals surface area contributed by atoms with Gasteiger partial charge in [-0.25, -0.2) is 0 Å². The van der Waals surface area contributed by atoms with Crippen LogP contribution in [0.3, 0.4) is 0 Å². The summed E-state index contributed by atoms with van der Waals surface area (Å²) in [4.78, 5) is 45.1. The molecular weight excluding hydrogens is 408 g/mol. The van der Waals surface area contributed by atoms with E-state index in [4.69, 9.17) is 9.90 Å².